The number of benzene rings is 1. The van der Waals surface area contributed by atoms with E-state index in [1.165, 1.54) is 5.56 Å². The summed E-state index contributed by atoms with van der Waals surface area (Å²) in [4.78, 5) is 0. The normalized spacial score (nSPS) is 13.6. The second-order valence-electron chi connectivity index (χ2n) is 4.28. The summed E-state index contributed by atoms with van der Waals surface area (Å²) in [6.07, 6.45) is 2.54. The summed E-state index contributed by atoms with van der Waals surface area (Å²) in [6.45, 7) is 3.02. The fourth-order valence-electron chi connectivity index (χ4n) is 1.67. The summed E-state index contributed by atoms with van der Waals surface area (Å²) in [6, 6.07) is 8.14. The Labute approximate surface area is 113 Å². The van der Waals surface area contributed by atoms with Crippen molar-refractivity contribution in [2.24, 2.45) is 10.9 Å². The van der Waals surface area contributed by atoms with Gasteiger partial charge in [-0.3, -0.25) is 0 Å². The van der Waals surface area contributed by atoms with E-state index >= 15 is 0 Å². The first-order chi connectivity index (χ1) is 8.63. The molecule has 0 bridgehead atoms. The van der Waals surface area contributed by atoms with Crippen LogP contribution >= 0.6 is 11.6 Å². The van der Waals surface area contributed by atoms with Crippen LogP contribution in [-0.2, 0) is 0 Å². The quantitative estimate of drug-likeness (QED) is 0.234. The zero-order chi connectivity index (χ0) is 13.4. The number of oxime groups is 1. The highest BCUT2D eigenvalue weighted by Gasteiger charge is 2.03. The molecule has 1 atom stereocenters. The summed E-state index contributed by atoms with van der Waals surface area (Å²) in [5, 5.41) is 15.5. The molecule has 0 unspecified atom stereocenters. The predicted molar refractivity (Wildman–Crippen MR) is 75.1 cm³/mol. The summed E-state index contributed by atoms with van der Waals surface area (Å²) in [5.74, 6) is 0.292. The third-order valence-electron chi connectivity index (χ3n) is 2.81. The monoisotopic (exact) mass is 269 g/mol. The lowest BCUT2D eigenvalue weighted by Gasteiger charge is -2.14. The Kier molecular flexibility index (Phi) is 6.54. The van der Waals surface area contributed by atoms with Crippen molar-refractivity contribution in [2.45, 2.75) is 32.2 Å². The van der Waals surface area contributed by atoms with E-state index in [9.17, 15) is 0 Å². The maximum Gasteiger partial charge on any atom is 0.139 e. The van der Waals surface area contributed by atoms with Crippen LogP contribution in [0.2, 0.25) is 5.02 Å². The van der Waals surface area contributed by atoms with Crippen LogP contribution in [-0.4, -0.2) is 17.6 Å². The number of rotatable bonds is 7. The summed E-state index contributed by atoms with van der Waals surface area (Å²) < 4.78 is 0. The molecule has 100 valence electrons. The molecule has 0 saturated heterocycles. The Balaban J connectivity index is 2.21. The Morgan fingerprint density at radius 1 is 1.39 bits per heavy atom. The van der Waals surface area contributed by atoms with E-state index in [2.05, 4.69) is 17.4 Å². The highest BCUT2D eigenvalue weighted by Crippen LogP contribution is 2.15. The Morgan fingerprint density at radius 2 is 2.06 bits per heavy atom. The molecule has 0 fully saturated rings. The summed E-state index contributed by atoms with van der Waals surface area (Å²) in [7, 11) is 0. The van der Waals surface area contributed by atoms with Crippen molar-refractivity contribution in [1.29, 1.82) is 0 Å². The van der Waals surface area contributed by atoms with Crippen molar-refractivity contribution in [2.75, 3.05) is 6.54 Å². The van der Waals surface area contributed by atoms with Crippen LogP contribution in [0.5, 0.6) is 0 Å². The van der Waals surface area contributed by atoms with Gasteiger partial charge in [-0.05, 0) is 44.0 Å². The molecule has 1 aromatic rings. The predicted octanol–water partition coefficient (Wildman–Crippen LogP) is 2.91. The van der Waals surface area contributed by atoms with E-state index in [1.807, 2.05) is 24.3 Å². The van der Waals surface area contributed by atoms with E-state index in [-0.39, 0.29) is 0 Å². The average Bonchev–Trinajstić information content (AvgIpc) is 2.38. The molecule has 0 heterocycles. The van der Waals surface area contributed by atoms with Crippen LogP contribution < -0.4 is 11.1 Å². The number of nitrogens with two attached hydrogens (primary N) is 1. The highest BCUT2D eigenvalue weighted by molar-refractivity contribution is 6.30. The molecule has 18 heavy (non-hydrogen) atoms. The number of unbranched alkanes of at least 4 members (excludes halogenated alkanes) is 1. The lowest BCUT2D eigenvalue weighted by molar-refractivity contribution is 0.316. The topological polar surface area (TPSA) is 70.6 Å². The van der Waals surface area contributed by atoms with Crippen LogP contribution in [0.4, 0.5) is 0 Å². The molecule has 0 amide bonds. The van der Waals surface area contributed by atoms with E-state index in [0.29, 0.717) is 18.3 Å². The smallest absolute Gasteiger partial charge is 0.139 e. The lowest BCUT2D eigenvalue weighted by atomic mass is 10.1. The number of hydrogen-bond donors (Lipinski definition) is 3. The number of hydrogen-bond acceptors (Lipinski definition) is 3. The fraction of sp³-hybridized carbons (Fsp3) is 0.462. The highest BCUT2D eigenvalue weighted by atomic mass is 35.5. The van der Waals surface area contributed by atoms with Gasteiger partial charge in [-0.1, -0.05) is 28.9 Å². The second kappa shape index (κ2) is 7.95. The van der Waals surface area contributed by atoms with Crippen molar-refractivity contribution in [3.8, 4) is 0 Å². The Hall–Kier alpha value is -1.26. The molecule has 0 spiro atoms. The SMILES string of the molecule is C[C@@H](NCCCC/C(N)=N/O)c1ccc(Cl)cc1. The number of amidine groups is 1. The molecule has 0 radical (unpaired) electrons. The molecule has 4 nitrogen and oxygen atoms in total. The van der Waals surface area contributed by atoms with Crippen LogP contribution in [0.25, 0.3) is 0 Å². The lowest BCUT2D eigenvalue weighted by Crippen LogP contribution is -2.20. The second-order valence-corrected chi connectivity index (χ2v) is 4.71. The summed E-state index contributed by atoms with van der Waals surface area (Å²) >= 11 is 5.84. The molecule has 0 aliphatic carbocycles. The van der Waals surface area contributed by atoms with Gasteiger partial charge in [0, 0.05) is 17.5 Å². The van der Waals surface area contributed by atoms with E-state index < -0.39 is 0 Å². The maximum atomic E-state index is 8.39. The molecule has 5 heteroatoms. The van der Waals surface area contributed by atoms with Crippen molar-refractivity contribution in [1.82, 2.24) is 5.32 Å². The van der Waals surface area contributed by atoms with Crippen LogP contribution in [0.15, 0.2) is 29.4 Å². The fourth-order valence-corrected chi connectivity index (χ4v) is 1.79. The summed E-state index contributed by atoms with van der Waals surface area (Å²) in [5.41, 5.74) is 6.61. The molecule has 1 aromatic carbocycles. The van der Waals surface area contributed by atoms with Gasteiger partial charge in [0.25, 0.3) is 0 Å². The minimum absolute atomic E-state index is 0.292. The standard InChI is InChI=1S/C13H20ClN3O/c1-10(11-5-7-12(14)8-6-11)16-9-3-2-4-13(15)17-18/h5-8,10,16,18H,2-4,9H2,1H3,(H2,15,17)/t10-/m1/s1. The first kappa shape index (κ1) is 14.8. The molecule has 0 saturated carbocycles. The largest absolute Gasteiger partial charge is 0.409 e. The van der Waals surface area contributed by atoms with Gasteiger partial charge < -0.3 is 16.3 Å². The number of halogens is 1. The van der Waals surface area contributed by atoms with Crippen LogP contribution in [0, 0.1) is 0 Å². The molecule has 0 aromatic heterocycles. The van der Waals surface area contributed by atoms with E-state index in [1.54, 1.807) is 0 Å². The number of nitrogens with zero attached hydrogens (tertiary/aromatic N) is 1. The molecule has 0 aliphatic rings. The third kappa shape index (κ3) is 5.38. The van der Waals surface area contributed by atoms with Gasteiger partial charge in [-0.2, -0.15) is 0 Å². The van der Waals surface area contributed by atoms with Crippen molar-refractivity contribution >= 4 is 17.4 Å². The zero-order valence-electron chi connectivity index (χ0n) is 10.6. The van der Waals surface area contributed by atoms with Gasteiger partial charge in [0.1, 0.15) is 5.84 Å². The first-order valence-electron chi connectivity index (χ1n) is 6.08. The molecule has 4 N–H and O–H groups in total. The van der Waals surface area contributed by atoms with E-state index in [4.69, 9.17) is 22.5 Å². The van der Waals surface area contributed by atoms with Gasteiger partial charge >= 0.3 is 0 Å². The van der Waals surface area contributed by atoms with Gasteiger partial charge in [-0.15, -0.1) is 0 Å². The Bertz CT molecular complexity index is 378. The van der Waals surface area contributed by atoms with Gasteiger partial charge in [0.2, 0.25) is 0 Å². The van der Waals surface area contributed by atoms with E-state index in [0.717, 1.165) is 24.4 Å². The first-order valence-corrected chi connectivity index (χ1v) is 6.46. The van der Waals surface area contributed by atoms with Crippen molar-refractivity contribution < 1.29 is 5.21 Å². The minimum Gasteiger partial charge on any atom is -0.409 e. The minimum atomic E-state index is 0.292. The Morgan fingerprint density at radius 3 is 2.67 bits per heavy atom. The van der Waals surface area contributed by atoms with Gasteiger partial charge in [0.05, 0.1) is 0 Å². The van der Waals surface area contributed by atoms with Gasteiger partial charge in [0.15, 0.2) is 0 Å². The average molecular weight is 270 g/mol. The molecule has 0 aliphatic heterocycles. The number of nitrogens with one attached hydrogen (secondary N) is 1. The van der Waals surface area contributed by atoms with Crippen molar-refractivity contribution in [3.05, 3.63) is 34.9 Å². The van der Waals surface area contributed by atoms with Crippen molar-refractivity contribution in [3.63, 3.8) is 0 Å². The van der Waals surface area contributed by atoms with Crippen LogP contribution in [0.3, 0.4) is 0 Å². The third-order valence-corrected chi connectivity index (χ3v) is 3.06. The molecular formula is C13H20ClN3O. The molecular weight excluding hydrogens is 250 g/mol. The van der Waals surface area contributed by atoms with Gasteiger partial charge in [-0.25, -0.2) is 0 Å². The molecule has 1 rings (SSSR count). The maximum absolute atomic E-state index is 8.39. The zero-order valence-corrected chi connectivity index (χ0v) is 11.3. The van der Waals surface area contributed by atoms with Crippen LogP contribution in [0.1, 0.15) is 37.8 Å².